The average molecular weight is 508 g/mol. The Bertz CT molecular complexity index is 1230. The number of hydrogen-bond acceptors (Lipinski definition) is 7. The maximum absolute atomic E-state index is 13.5. The van der Waals surface area contributed by atoms with Crippen molar-refractivity contribution in [2.24, 2.45) is 5.73 Å². The van der Waals surface area contributed by atoms with Crippen molar-refractivity contribution in [3.8, 4) is 5.75 Å². The van der Waals surface area contributed by atoms with Crippen LogP contribution < -0.4 is 21.1 Å². The van der Waals surface area contributed by atoms with Gasteiger partial charge in [0, 0.05) is 35.5 Å². The van der Waals surface area contributed by atoms with Gasteiger partial charge in [-0.1, -0.05) is 17.7 Å². The molecule has 0 atom stereocenters. The molecule has 0 aliphatic heterocycles. The molecule has 0 bridgehead atoms. The molecule has 0 saturated heterocycles. The highest BCUT2D eigenvalue weighted by Crippen LogP contribution is 2.34. The van der Waals surface area contributed by atoms with Crippen molar-refractivity contribution in [1.82, 2.24) is 9.97 Å². The number of primary amides is 1. The van der Waals surface area contributed by atoms with Gasteiger partial charge < -0.3 is 25.8 Å². The summed E-state index contributed by atoms with van der Waals surface area (Å²) in [5.41, 5.74) is 6.32. The molecule has 2 aromatic carbocycles. The van der Waals surface area contributed by atoms with Gasteiger partial charge in [0.15, 0.2) is 0 Å². The Morgan fingerprint density at radius 3 is 2.74 bits per heavy atom. The normalized spacial score (nSPS) is 10.9. The first-order valence-corrected chi connectivity index (χ1v) is 10.9. The standard InChI is InChI=1S/C22H20Cl2FN5O4/c23-6-1-3-20(31)30-18-10-14-17(11-19(18)33-7-2-8-34-22(26)32)27-12-28-21(14)29-13-4-5-16(25)15(24)9-13/h1,3-5,9-12H,2,6-8H2,(H2,26,32)(H,30,31)(H,27,28,29). The molecule has 0 unspecified atom stereocenters. The fourth-order valence-electron chi connectivity index (χ4n) is 2.85. The van der Waals surface area contributed by atoms with E-state index in [-0.39, 0.29) is 24.1 Å². The smallest absolute Gasteiger partial charge is 0.404 e. The van der Waals surface area contributed by atoms with E-state index in [0.717, 1.165) is 0 Å². The molecule has 3 aromatic rings. The van der Waals surface area contributed by atoms with Crippen molar-refractivity contribution < 1.29 is 23.5 Å². The van der Waals surface area contributed by atoms with Gasteiger partial charge in [-0.25, -0.2) is 19.2 Å². The lowest BCUT2D eigenvalue weighted by molar-refractivity contribution is -0.111. The molecule has 1 aromatic heterocycles. The van der Waals surface area contributed by atoms with E-state index in [9.17, 15) is 14.0 Å². The number of carbonyl (C=O) groups is 2. The van der Waals surface area contributed by atoms with E-state index < -0.39 is 17.8 Å². The van der Waals surface area contributed by atoms with Crippen molar-refractivity contribution in [2.75, 3.05) is 29.7 Å². The van der Waals surface area contributed by atoms with Crippen LogP contribution in [-0.2, 0) is 9.53 Å². The number of halogens is 3. The van der Waals surface area contributed by atoms with Gasteiger partial charge in [-0.2, -0.15) is 0 Å². The summed E-state index contributed by atoms with van der Waals surface area (Å²) in [6.07, 6.45) is 3.64. The van der Waals surface area contributed by atoms with E-state index >= 15 is 0 Å². The van der Waals surface area contributed by atoms with Gasteiger partial charge in [-0.3, -0.25) is 4.79 Å². The topological polar surface area (TPSA) is 128 Å². The third-order valence-electron chi connectivity index (χ3n) is 4.33. The van der Waals surface area contributed by atoms with Crippen LogP contribution >= 0.6 is 23.2 Å². The predicted molar refractivity (Wildman–Crippen MR) is 128 cm³/mol. The lowest BCUT2D eigenvalue weighted by atomic mass is 10.1. The number of ether oxygens (including phenoxy) is 2. The summed E-state index contributed by atoms with van der Waals surface area (Å²) in [5.74, 6) is -0.0397. The van der Waals surface area contributed by atoms with Crippen LogP contribution in [0.1, 0.15) is 6.42 Å². The number of amides is 2. The van der Waals surface area contributed by atoms with E-state index in [1.54, 1.807) is 12.1 Å². The minimum Gasteiger partial charge on any atom is -0.491 e. The van der Waals surface area contributed by atoms with Gasteiger partial charge in [-0.15, -0.1) is 11.6 Å². The number of nitrogens with one attached hydrogen (secondary N) is 2. The lowest BCUT2D eigenvalue weighted by Gasteiger charge is -2.15. The van der Waals surface area contributed by atoms with E-state index in [1.807, 2.05) is 0 Å². The van der Waals surface area contributed by atoms with E-state index in [4.69, 9.17) is 33.7 Å². The van der Waals surface area contributed by atoms with Crippen molar-refractivity contribution in [3.63, 3.8) is 0 Å². The Morgan fingerprint density at radius 1 is 1.18 bits per heavy atom. The first-order chi connectivity index (χ1) is 16.4. The summed E-state index contributed by atoms with van der Waals surface area (Å²) in [6.45, 7) is 0.267. The third-order valence-corrected chi connectivity index (χ3v) is 4.79. The number of aromatic nitrogens is 2. The fourth-order valence-corrected chi connectivity index (χ4v) is 3.12. The molecular formula is C22H20Cl2FN5O4. The molecule has 34 heavy (non-hydrogen) atoms. The number of benzene rings is 2. The molecule has 0 radical (unpaired) electrons. The number of allylic oxidation sites excluding steroid dienone is 1. The summed E-state index contributed by atoms with van der Waals surface area (Å²) in [7, 11) is 0. The minimum absolute atomic E-state index is 0.0432. The molecule has 4 N–H and O–H groups in total. The van der Waals surface area contributed by atoms with Gasteiger partial charge in [0.1, 0.15) is 23.7 Å². The molecule has 3 rings (SSSR count). The number of nitrogens with two attached hydrogens (primary N) is 1. The summed E-state index contributed by atoms with van der Waals surface area (Å²) < 4.78 is 24.0. The maximum atomic E-state index is 13.5. The van der Waals surface area contributed by atoms with E-state index in [1.165, 1.54) is 36.7 Å². The van der Waals surface area contributed by atoms with Gasteiger partial charge in [-0.05, 0) is 24.3 Å². The van der Waals surface area contributed by atoms with Gasteiger partial charge in [0.05, 0.1) is 29.4 Å². The molecule has 1 heterocycles. The SMILES string of the molecule is NC(=O)OCCCOc1cc2ncnc(Nc3ccc(F)c(Cl)c3)c2cc1NC(=O)C=CCCl. The molecule has 0 fully saturated rings. The first kappa shape index (κ1) is 25.0. The van der Waals surface area contributed by atoms with Crippen LogP contribution in [0.25, 0.3) is 10.9 Å². The lowest BCUT2D eigenvalue weighted by Crippen LogP contribution is -2.15. The van der Waals surface area contributed by atoms with Crippen LogP contribution in [-0.4, -0.2) is 41.1 Å². The summed E-state index contributed by atoms with van der Waals surface area (Å²) in [5, 5.41) is 6.32. The van der Waals surface area contributed by atoms with Gasteiger partial charge >= 0.3 is 6.09 Å². The molecule has 9 nitrogen and oxygen atoms in total. The molecule has 0 aliphatic rings. The molecule has 12 heteroatoms. The molecule has 2 amide bonds. The maximum Gasteiger partial charge on any atom is 0.404 e. The summed E-state index contributed by atoms with van der Waals surface area (Å²) >= 11 is 11.5. The Labute approximate surface area is 204 Å². The highest BCUT2D eigenvalue weighted by molar-refractivity contribution is 6.31. The summed E-state index contributed by atoms with van der Waals surface area (Å²) in [4.78, 5) is 31.5. The molecule has 0 saturated carbocycles. The summed E-state index contributed by atoms with van der Waals surface area (Å²) in [6, 6.07) is 7.45. The number of fused-ring (bicyclic) bond motifs is 1. The number of anilines is 3. The highest BCUT2D eigenvalue weighted by Gasteiger charge is 2.14. The fraction of sp³-hybridized carbons (Fsp3) is 0.182. The predicted octanol–water partition coefficient (Wildman–Crippen LogP) is 4.76. The van der Waals surface area contributed by atoms with Crippen molar-refractivity contribution in [2.45, 2.75) is 6.42 Å². The van der Waals surface area contributed by atoms with Crippen molar-refractivity contribution in [3.05, 3.63) is 59.7 Å². The van der Waals surface area contributed by atoms with Crippen LogP contribution in [0, 0.1) is 5.82 Å². The Hall–Kier alpha value is -3.63. The van der Waals surface area contributed by atoms with Gasteiger partial charge in [0.25, 0.3) is 0 Å². The van der Waals surface area contributed by atoms with Crippen LogP contribution in [0.15, 0.2) is 48.8 Å². The largest absolute Gasteiger partial charge is 0.491 e. The van der Waals surface area contributed by atoms with Crippen LogP contribution in [0.2, 0.25) is 5.02 Å². The number of hydrogen-bond donors (Lipinski definition) is 3. The van der Waals surface area contributed by atoms with Crippen LogP contribution in [0.4, 0.5) is 26.4 Å². The molecule has 178 valence electrons. The monoisotopic (exact) mass is 507 g/mol. The van der Waals surface area contributed by atoms with E-state index in [2.05, 4.69) is 25.3 Å². The second-order valence-corrected chi connectivity index (χ2v) is 7.47. The number of nitrogens with zero attached hydrogens (tertiary/aromatic N) is 2. The van der Waals surface area contributed by atoms with Crippen molar-refractivity contribution >= 4 is 63.3 Å². The third kappa shape index (κ3) is 6.93. The second-order valence-electron chi connectivity index (χ2n) is 6.76. The minimum atomic E-state index is -0.871. The molecular weight excluding hydrogens is 488 g/mol. The Morgan fingerprint density at radius 2 is 2.00 bits per heavy atom. The molecule has 0 aliphatic carbocycles. The van der Waals surface area contributed by atoms with E-state index in [0.29, 0.717) is 40.3 Å². The zero-order chi connectivity index (χ0) is 24.5. The second kappa shape index (κ2) is 12.0. The van der Waals surface area contributed by atoms with Crippen LogP contribution in [0.5, 0.6) is 5.75 Å². The highest BCUT2D eigenvalue weighted by atomic mass is 35.5. The quantitative estimate of drug-likeness (QED) is 0.205. The van der Waals surface area contributed by atoms with Gasteiger partial charge in [0.2, 0.25) is 5.91 Å². The zero-order valence-electron chi connectivity index (χ0n) is 17.7. The van der Waals surface area contributed by atoms with Crippen molar-refractivity contribution in [1.29, 1.82) is 0 Å². The Kier molecular flexibility index (Phi) is 8.83. The molecule has 0 spiro atoms. The Balaban J connectivity index is 1.92. The number of carbonyl (C=O) groups excluding carboxylic acids is 2. The number of alkyl halides is 1. The average Bonchev–Trinajstić information content (AvgIpc) is 2.80. The number of rotatable bonds is 10. The zero-order valence-corrected chi connectivity index (χ0v) is 19.2. The first-order valence-electron chi connectivity index (χ1n) is 9.96. The van der Waals surface area contributed by atoms with Crippen LogP contribution in [0.3, 0.4) is 0 Å².